The number of carbonyl (C=O) groups excluding carboxylic acids is 1. The Morgan fingerprint density at radius 1 is 1.13 bits per heavy atom. The third-order valence-electron chi connectivity index (χ3n) is 3.60. The van der Waals surface area contributed by atoms with Gasteiger partial charge in [0.15, 0.2) is 0 Å². The van der Waals surface area contributed by atoms with Crippen LogP contribution in [0.5, 0.6) is 0 Å². The Balaban J connectivity index is 1.68. The monoisotopic (exact) mass is 326 g/mol. The molecule has 1 unspecified atom stereocenters. The lowest BCUT2D eigenvalue weighted by atomic mass is 10.0. The first-order valence-electron chi connectivity index (χ1n) is 7.20. The van der Waals surface area contributed by atoms with Crippen LogP contribution in [0.1, 0.15) is 22.0 Å². The van der Waals surface area contributed by atoms with Crippen LogP contribution in [0.25, 0.3) is 10.8 Å². The molecule has 0 aliphatic carbocycles. The molecule has 1 atom stereocenters. The van der Waals surface area contributed by atoms with Gasteiger partial charge in [-0.25, -0.2) is 4.98 Å². The maximum absolute atomic E-state index is 12.0. The van der Waals surface area contributed by atoms with Crippen molar-refractivity contribution in [3.05, 3.63) is 77.1 Å². The number of aliphatic hydroxyl groups excluding tert-OH is 1. The average Bonchev–Trinajstić information content (AvgIpc) is 2.59. The maximum Gasteiger partial charge on any atom is 0.251 e. The first-order chi connectivity index (χ1) is 11.1. The van der Waals surface area contributed by atoms with Crippen molar-refractivity contribution < 1.29 is 9.90 Å². The molecule has 0 fully saturated rings. The minimum Gasteiger partial charge on any atom is -0.387 e. The number of carbonyl (C=O) groups is 1. The highest BCUT2D eigenvalue weighted by molar-refractivity contribution is 6.29. The largest absolute Gasteiger partial charge is 0.387 e. The molecule has 0 spiro atoms. The van der Waals surface area contributed by atoms with Crippen molar-refractivity contribution in [1.29, 1.82) is 0 Å². The summed E-state index contributed by atoms with van der Waals surface area (Å²) >= 11 is 5.76. The zero-order valence-corrected chi connectivity index (χ0v) is 13.0. The summed E-state index contributed by atoms with van der Waals surface area (Å²) in [6.07, 6.45) is 0.692. The van der Waals surface area contributed by atoms with Gasteiger partial charge in [0.05, 0.1) is 6.10 Å². The number of pyridine rings is 1. The SMILES string of the molecule is O=C(NCC(O)c1ccc2ccccc2c1)c1ccnc(Cl)c1. The lowest BCUT2D eigenvalue weighted by molar-refractivity contribution is 0.0916. The first kappa shape index (κ1) is 15.5. The van der Waals surface area contributed by atoms with Gasteiger partial charge in [0.2, 0.25) is 0 Å². The van der Waals surface area contributed by atoms with E-state index in [1.54, 1.807) is 6.07 Å². The van der Waals surface area contributed by atoms with Crippen LogP contribution >= 0.6 is 11.6 Å². The van der Waals surface area contributed by atoms with Crippen LogP contribution in [0.15, 0.2) is 60.8 Å². The first-order valence-corrected chi connectivity index (χ1v) is 7.58. The molecule has 5 heteroatoms. The van der Waals surface area contributed by atoms with Crippen LogP contribution in [0, 0.1) is 0 Å². The summed E-state index contributed by atoms with van der Waals surface area (Å²) in [5.74, 6) is -0.297. The van der Waals surface area contributed by atoms with Crippen molar-refractivity contribution in [2.75, 3.05) is 6.54 Å². The Kier molecular flexibility index (Phi) is 4.55. The van der Waals surface area contributed by atoms with E-state index in [9.17, 15) is 9.90 Å². The molecule has 0 bridgehead atoms. The van der Waals surface area contributed by atoms with Crippen LogP contribution in [-0.2, 0) is 0 Å². The van der Waals surface area contributed by atoms with Gasteiger partial charge in [-0.2, -0.15) is 0 Å². The number of amides is 1. The summed E-state index contributed by atoms with van der Waals surface area (Å²) in [7, 11) is 0. The molecule has 0 aliphatic heterocycles. The van der Waals surface area contributed by atoms with E-state index in [0.717, 1.165) is 16.3 Å². The van der Waals surface area contributed by atoms with Gasteiger partial charge in [0, 0.05) is 18.3 Å². The molecule has 1 aromatic heterocycles. The molecular formula is C18H15ClN2O2. The quantitative estimate of drug-likeness (QED) is 0.723. The minimum atomic E-state index is -0.777. The second kappa shape index (κ2) is 6.77. The number of rotatable bonds is 4. The molecule has 0 radical (unpaired) electrons. The van der Waals surface area contributed by atoms with Crippen LogP contribution in [0.4, 0.5) is 0 Å². The van der Waals surface area contributed by atoms with Crippen molar-refractivity contribution in [2.45, 2.75) is 6.10 Å². The standard InChI is InChI=1S/C18H15ClN2O2/c19-17-10-15(7-8-20-17)18(23)21-11-16(22)14-6-5-12-3-1-2-4-13(12)9-14/h1-10,16,22H,11H2,(H,21,23). The number of aromatic nitrogens is 1. The van der Waals surface area contributed by atoms with Gasteiger partial charge in [-0.15, -0.1) is 0 Å². The molecule has 3 rings (SSSR count). The van der Waals surface area contributed by atoms with Crippen molar-refractivity contribution in [3.8, 4) is 0 Å². The van der Waals surface area contributed by atoms with Crippen molar-refractivity contribution >= 4 is 28.3 Å². The number of nitrogens with zero attached hydrogens (tertiary/aromatic N) is 1. The summed E-state index contributed by atoms with van der Waals surface area (Å²) in [4.78, 5) is 15.9. The molecule has 0 saturated carbocycles. The molecular weight excluding hydrogens is 312 g/mol. The highest BCUT2D eigenvalue weighted by Gasteiger charge is 2.11. The molecule has 1 amide bonds. The molecule has 0 saturated heterocycles. The lowest BCUT2D eigenvalue weighted by Gasteiger charge is -2.13. The van der Waals surface area contributed by atoms with Crippen LogP contribution in [-0.4, -0.2) is 22.5 Å². The van der Waals surface area contributed by atoms with Crippen molar-refractivity contribution in [2.24, 2.45) is 0 Å². The minimum absolute atomic E-state index is 0.122. The third kappa shape index (κ3) is 3.67. The molecule has 4 nitrogen and oxygen atoms in total. The number of nitrogens with one attached hydrogen (secondary N) is 1. The Hall–Kier alpha value is -2.43. The fraction of sp³-hybridized carbons (Fsp3) is 0.111. The van der Waals surface area contributed by atoms with E-state index in [4.69, 9.17) is 11.6 Å². The predicted octanol–water partition coefficient (Wildman–Crippen LogP) is 3.35. The maximum atomic E-state index is 12.0. The van der Waals surface area contributed by atoms with Crippen LogP contribution < -0.4 is 5.32 Å². The van der Waals surface area contributed by atoms with Gasteiger partial charge in [-0.05, 0) is 34.5 Å². The number of fused-ring (bicyclic) bond motifs is 1. The van der Waals surface area contributed by atoms with E-state index in [1.807, 2.05) is 42.5 Å². The molecule has 2 N–H and O–H groups in total. The van der Waals surface area contributed by atoms with Crippen molar-refractivity contribution in [1.82, 2.24) is 10.3 Å². The Labute approximate surface area is 138 Å². The fourth-order valence-electron chi connectivity index (χ4n) is 2.37. The molecule has 116 valence electrons. The zero-order chi connectivity index (χ0) is 16.2. The van der Waals surface area contributed by atoms with Crippen LogP contribution in [0.3, 0.4) is 0 Å². The number of benzene rings is 2. The number of aliphatic hydroxyl groups is 1. The Bertz CT molecular complexity index is 851. The summed E-state index contributed by atoms with van der Waals surface area (Å²) in [5, 5.41) is 15.4. The van der Waals surface area contributed by atoms with Gasteiger partial charge >= 0.3 is 0 Å². The summed E-state index contributed by atoms with van der Waals surface area (Å²) < 4.78 is 0. The van der Waals surface area contributed by atoms with Crippen LogP contribution in [0.2, 0.25) is 5.15 Å². The number of hydrogen-bond acceptors (Lipinski definition) is 3. The van der Waals surface area contributed by atoms with E-state index in [0.29, 0.717) is 5.56 Å². The van der Waals surface area contributed by atoms with Gasteiger partial charge in [-0.3, -0.25) is 4.79 Å². The second-order valence-electron chi connectivity index (χ2n) is 5.20. The molecule has 0 aliphatic rings. The van der Waals surface area contributed by atoms with E-state index in [2.05, 4.69) is 10.3 Å². The van der Waals surface area contributed by atoms with E-state index in [-0.39, 0.29) is 17.6 Å². The molecule has 3 aromatic rings. The number of hydrogen-bond donors (Lipinski definition) is 2. The van der Waals surface area contributed by atoms with Gasteiger partial charge in [0.1, 0.15) is 5.15 Å². The molecule has 1 heterocycles. The van der Waals surface area contributed by atoms with Gasteiger partial charge in [-0.1, -0.05) is 48.0 Å². The topological polar surface area (TPSA) is 62.2 Å². The van der Waals surface area contributed by atoms with E-state index < -0.39 is 6.10 Å². The smallest absolute Gasteiger partial charge is 0.251 e. The number of halogens is 1. The summed E-state index contributed by atoms with van der Waals surface area (Å²) in [6, 6.07) is 16.7. The second-order valence-corrected chi connectivity index (χ2v) is 5.59. The Morgan fingerprint density at radius 3 is 2.70 bits per heavy atom. The Morgan fingerprint density at radius 2 is 1.91 bits per heavy atom. The molecule has 23 heavy (non-hydrogen) atoms. The zero-order valence-electron chi connectivity index (χ0n) is 12.2. The lowest BCUT2D eigenvalue weighted by Crippen LogP contribution is -2.28. The summed E-state index contributed by atoms with van der Waals surface area (Å²) in [6.45, 7) is 0.122. The normalized spacial score (nSPS) is 12.1. The highest BCUT2D eigenvalue weighted by atomic mass is 35.5. The predicted molar refractivity (Wildman–Crippen MR) is 90.5 cm³/mol. The van der Waals surface area contributed by atoms with Crippen molar-refractivity contribution in [3.63, 3.8) is 0 Å². The summed E-state index contributed by atoms with van der Waals surface area (Å²) in [5.41, 5.74) is 1.17. The van der Waals surface area contributed by atoms with Gasteiger partial charge in [0.25, 0.3) is 5.91 Å². The molecule has 2 aromatic carbocycles. The highest BCUT2D eigenvalue weighted by Crippen LogP contribution is 2.20. The van der Waals surface area contributed by atoms with E-state index >= 15 is 0 Å². The van der Waals surface area contributed by atoms with E-state index in [1.165, 1.54) is 12.3 Å². The average molecular weight is 327 g/mol. The van der Waals surface area contributed by atoms with Gasteiger partial charge < -0.3 is 10.4 Å². The third-order valence-corrected chi connectivity index (χ3v) is 3.81. The fourth-order valence-corrected chi connectivity index (χ4v) is 2.54.